The summed E-state index contributed by atoms with van der Waals surface area (Å²) >= 11 is 0. The summed E-state index contributed by atoms with van der Waals surface area (Å²) in [6.45, 7) is 15.0. The van der Waals surface area contributed by atoms with Crippen LogP contribution >= 0.6 is 0 Å². The zero-order valence-corrected chi connectivity index (χ0v) is 16.3. The summed E-state index contributed by atoms with van der Waals surface area (Å²) in [6.07, 6.45) is 1.17. The topological polar surface area (TPSA) is 93.9 Å². The van der Waals surface area contributed by atoms with Gasteiger partial charge in [0.25, 0.3) is 0 Å². The molecule has 5 N–H and O–H groups in total. The monoisotopic (exact) mass is 355 g/mol. The molecule has 0 spiro atoms. The van der Waals surface area contributed by atoms with Gasteiger partial charge in [-0.05, 0) is 34.1 Å². The van der Waals surface area contributed by atoms with Crippen molar-refractivity contribution < 1.29 is 9.90 Å². The molecule has 0 saturated carbocycles. The van der Waals surface area contributed by atoms with Crippen molar-refractivity contribution >= 4 is 5.91 Å². The molecule has 2 heterocycles. The lowest BCUT2D eigenvalue weighted by Crippen LogP contribution is -2.72. The number of rotatable bonds is 7. The Morgan fingerprint density at radius 2 is 1.92 bits per heavy atom. The number of hydrogen-bond donors (Lipinski definition) is 4. The number of carbonyl (C=O) groups excluding carboxylic acids is 1. The van der Waals surface area contributed by atoms with E-state index in [1.807, 2.05) is 0 Å². The van der Waals surface area contributed by atoms with Gasteiger partial charge in [-0.2, -0.15) is 0 Å². The van der Waals surface area contributed by atoms with Gasteiger partial charge >= 0.3 is 0 Å². The summed E-state index contributed by atoms with van der Waals surface area (Å²) in [5, 5.41) is 16.3. The average Bonchev–Trinajstić information content (AvgIpc) is 2.55. The van der Waals surface area contributed by atoms with Crippen molar-refractivity contribution in [3.8, 4) is 0 Å². The molecule has 7 heteroatoms. The molecule has 0 aliphatic carbocycles. The van der Waals surface area contributed by atoms with Crippen molar-refractivity contribution in [1.82, 2.24) is 20.4 Å². The van der Waals surface area contributed by atoms with E-state index in [1.54, 1.807) is 0 Å². The number of primary amides is 1. The predicted octanol–water partition coefficient (Wildman–Crippen LogP) is -0.651. The summed E-state index contributed by atoms with van der Waals surface area (Å²) in [7, 11) is 0. The summed E-state index contributed by atoms with van der Waals surface area (Å²) in [4.78, 5) is 16.4. The normalized spacial score (nSPS) is 27.4. The molecular formula is C18H37N5O2. The molecule has 0 radical (unpaired) electrons. The van der Waals surface area contributed by atoms with Gasteiger partial charge in [-0.1, -0.05) is 0 Å². The zero-order valence-electron chi connectivity index (χ0n) is 16.3. The molecule has 0 aromatic rings. The molecule has 2 rings (SSSR count). The van der Waals surface area contributed by atoms with Gasteiger partial charge in [0.1, 0.15) is 0 Å². The first-order valence-corrected chi connectivity index (χ1v) is 9.55. The van der Waals surface area contributed by atoms with E-state index in [4.69, 9.17) is 5.73 Å². The fraction of sp³-hybridized carbons (Fsp3) is 0.944. The highest BCUT2D eigenvalue weighted by Crippen LogP contribution is 2.36. The Balaban J connectivity index is 2.15. The molecule has 0 unspecified atom stereocenters. The maximum Gasteiger partial charge on any atom is 0.219 e. The molecule has 2 aliphatic heterocycles. The van der Waals surface area contributed by atoms with Crippen LogP contribution in [0.3, 0.4) is 0 Å². The van der Waals surface area contributed by atoms with Gasteiger partial charge in [0, 0.05) is 75.5 Å². The first-order valence-electron chi connectivity index (χ1n) is 9.55. The van der Waals surface area contributed by atoms with Gasteiger partial charge in [-0.25, -0.2) is 0 Å². The van der Waals surface area contributed by atoms with Crippen molar-refractivity contribution in [3.63, 3.8) is 0 Å². The molecule has 0 aromatic heterocycles. The quantitative estimate of drug-likeness (QED) is 0.485. The Bertz CT molecular complexity index is 453. The maximum absolute atomic E-state index is 11.3. The second-order valence-electron chi connectivity index (χ2n) is 8.45. The van der Waals surface area contributed by atoms with E-state index in [0.29, 0.717) is 12.5 Å². The Labute approximate surface area is 152 Å². The molecule has 146 valence electrons. The van der Waals surface area contributed by atoms with Gasteiger partial charge in [-0.3, -0.25) is 14.6 Å². The van der Waals surface area contributed by atoms with Gasteiger partial charge in [0.05, 0.1) is 0 Å². The predicted molar refractivity (Wildman–Crippen MR) is 100 cm³/mol. The Kier molecular flexibility index (Phi) is 6.84. The van der Waals surface area contributed by atoms with Crippen molar-refractivity contribution in [2.24, 2.45) is 5.73 Å². The fourth-order valence-corrected chi connectivity index (χ4v) is 4.35. The van der Waals surface area contributed by atoms with E-state index < -0.39 is 0 Å². The van der Waals surface area contributed by atoms with Crippen LogP contribution in [0.5, 0.6) is 0 Å². The number of carbonyl (C=O) groups is 1. The van der Waals surface area contributed by atoms with E-state index in [0.717, 1.165) is 45.7 Å². The largest absolute Gasteiger partial charge is 0.396 e. The summed E-state index contributed by atoms with van der Waals surface area (Å²) < 4.78 is 0. The molecule has 0 bridgehead atoms. The SMILES string of the molecule is CC(C)(N1CCN[C@H](CC(N)=O)C1)C(C)(C)N1CCNC[C@H]1CCO. The third-order valence-corrected chi connectivity index (χ3v) is 6.52. The van der Waals surface area contributed by atoms with Gasteiger partial charge in [0.15, 0.2) is 0 Å². The van der Waals surface area contributed by atoms with Crippen LogP contribution in [-0.4, -0.2) is 89.9 Å². The van der Waals surface area contributed by atoms with Crippen LogP contribution in [0.4, 0.5) is 0 Å². The molecule has 2 fully saturated rings. The highest BCUT2D eigenvalue weighted by molar-refractivity contribution is 5.74. The zero-order chi connectivity index (χ0) is 18.7. The lowest BCUT2D eigenvalue weighted by atomic mass is 9.77. The first-order chi connectivity index (χ1) is 11.7. The number of nitrogens with two attached hydrogens (primary N) is 1. The van der Waals surface area contributed by atoms with Gasteiger partial charge in [0.2, 0.25) is 5.91 Å². The van der Waals surface area contributed by atoms with E-state index in [-0.39, 0.29) is 29.6 Å². The Morgan fingerprint density at radius 3 is 2.56 bits per heavy atom. The fourth-order valence-electron chi connectivity index (χ4n) is 4.35. The average molecular weight is 356 g/mol. The highest BCUT2D eigenvalue weighted by atomic mass is 16.3. The number of piperazine rings is 2. The van der Waals surface area contributed by atoms with E-state index in [2.05, 4.69) is 48.1 Å². The second-order valence-corrected chi connectivity index (χ2v) is 8.45. The second kappa shape index (κ2) is 8.31. The number of nitrogens with zero attached hydrogens (tertiary/aromatic N) is 2. The van der Waals surface area contributed by atoms with Crippen molar-refractivity contribution in [2.75, 3.05) is 45.9 Å². The third kappa shape index (κ3) is 4.52. The summed E-state index contributed by atoms with van der Waals surface area (Å²) in [5.74, 6) is -0.249. The van der Waals surface area contributed by atoms with Crippen LogP contribution in [0.15, 0.2) is 0 Å². The molecule has 25 heavy (non-hydrogen) atoms. The van der Waals surface area contributed by atoms with Crippen molar-refractivity contribution in [1.29, 1.82) is 0 Å². The number of hydrogen-bond acceptors (Lipinski definition) is 6. The van der Waals surface area contributed by atoms with Crippen LogP contribution in [0.2, 0.25) is 0 Å². The van der Waals surface area contributed by atoms with Crippen LogP contribution in [0, 0.1) is 0 Å². The minimum atomic E-state index is -0.249. The van der Waals surface area contributed by atoms with Gasteiger partial charge in [-0.15, -0.1) is 0 Å². The number of aliphatic hydroxyl groups excluding tert-OH is 1. The first kappa shape index (κ1) is 20.6. The number of amides is 1. The molecule has 1 amide bonds. The smallest absolute Gasteiger partial charge is 0.219 e. The molecule has 7 nitrogen and oxygen atoms in total. The maximum atomic E-state index is 11.3. The van der Waals surface area contributed by atoms with Crippen LogP contribution in [0.1, 0.15) is 40.5 Å². The number of nitrogens with one attached hydrogen (secondary N) is 2. The minimum Gasteiger partial charge on any atom is -0.396 e. The Morgan fingerprint density at radius 1 is 1.20 bits per heavy atom. The lowest BCUT2D eigenvalue weighted by molar-refractivity contribution is -0.119. The molecule has 2 atom stereocenters. The van der Waals surface area contributed by atoms with Crippen LogP contribution in [0.25, 0.3) is 0 Å². The number of aliphatic hydroxyl groups is 1. The van der Waals surface area contributed by atoms with Crippen LogP contribution in [-0.2, 0) is 4.79 Å². The summed E-state index contributed by atoms with van der Waals surface area (Å²) in [5.41, 5.74) is 5.26. The lowest BCUT2D eigenvalue weighted by Gasteiger charge is -2.58. The van der Waals surface area contributed by atoms with Crippen LogP contribution < -0.4 is 16.4 Å². The van der Waals surface area contributed by atoms with E-state index in [1.165, 1.54) is 0 Å². The van der Waals surface area contributed by atoms with E-state index in [9.17, 15) is 9.90 Å². The third-order valence-electron chi connectivity index (χ3n) is 6.52. The molecule has 2 saturated heterocycles. The molecule has 2 aliphatic rings. The van der Waals surface area contributed by atoms with Crippen molar-refractivity contribution in [3.05, 3.63) is 0 Å². The van der Waals surface area contributed by atoms with Gasteiger partial charge < -0.3 is 21.5 Å². The van der Waals surface area contributed by atoms with E-state index >= 15 is 0 Å². The highest BCUT2D eigenvalue weighted by Gasteiger charge is 2.48. The Hall–Kier alpha value is -0.730. The van der Waals surface area contributed by atoms with Crippen molar-refractivity contribution in [2.45, 2.75) is 63.7 Å². The molecule has 0 aromatic carbocycles. The standard InChI is InChI=1S/C18H37N5O2/c1-17(2,22-8-7-21-14(13-22)11-16(19)25)18(3,4)23-9-6-20-12-15(23)5-10-24/h14-15,20-21,24H,5-13H2,1-4H3,(H2,19,25)/t14-,15-/m1/s1. The summed E-state index contributed by atoms with van der Waals surface area (Å²) in [6, 6.07) is 0.468. The molecular weight excluding hydrogens is 318 g/mol. The minimum absolute atomic E-state index is 0.0659.